The van der Waals surface area contributed by atoms with E-state index in [0.29, 0.717) is 13.4 Å². The third-order valence-corrected chi connectivity index (χ3v) is 0.811. The summed E-state index contributed by atoms with van der Waals surface area (Å²) >= 11 is 0. The highest BCUT2D eigenvalue weighted by Crippen LogP contribution is 1.86. The van der Waals surface area contributed by atoms with Gasteiger partial charge >= 0.3 is 0 Å². The molecule has 0 amide bonds. The predicted molar refractivity (Wildman–Crippen MR) is 35.9 cm³/mol. The molecule has 0 unspecified atom stereocenters. The number of hydrogen-bond donors (Lipinski definition) is 0. The molecular formula is C7H12O2. The number of methoxy groups -OCH3 is 1. The summed E-state index contributed by atoms with van der Waals surface area (Å²) in [7, 11) is 1.60. The summed E-state index contributed by atoms with van der Waals surface area (Å²) < 4.78 is 9.62. The van der Waals surface area contributed by atoms with Crippen molar-refractivity contribution in [3.63, 3.8) is 0 Å². The van der Waals surface area contributed by atoms with Crippen LogP contribution in [-0.4, -0.2) is 20.5 Å². The van der Waals surface area contributed by atoms with E-state index in [1.165, 1.54) is 0 Å². The fourth-order valence-corrected chi connectivity index (χ4v) is 0.419. The lowest BCUT2D eigenvalue weighted by Crippen LogP contribution is -1.97. The lowest BCUT2D eigenvalue weighted by atomic mass is 10.3. The summed E-state index contributed by atoms with van der Waals surface area (Å²) in [6.07, 6.45) is 6.70. The highest BCUT2D eigenvalue weighted by Gasteiger charge is 1.83. The second-order valence-electron chi connectivity index (χ2n) is 1.62. The highest BCUT2D eigenvalue weighted by atomic mass is 16.7. The first-order valence-electron chi connectivity index (χ1n) is 2.92. The van der Waals surface area contributed by atoms with Gasteiger partial charge in [-0.3, -0.25) is 0 Å². The molecule has 0 aliphatic heterocycles. The van der Waals surface area contributed by atoms with E-state index in [1.54, 1.807) is 7.11 Å². The zero-order valence-electron chi connectivity index (χ0n) is 5.72. The molecule has 0 heterocycles. The molecule has 0 saturated heterocycles. The van der Waals surface area contributed by atoms with Crippen LogP contribution in [0.4, 0.5) is 0 Å². The standard InChI is InChI=1S/C7H12O2/c1-3-4-5-6-9-7-8-2/h1H,4-7H2,2H3. The summed E-state index contributed by atoms with van der Waals surface area (Å²) in [5.41, 5.74) is 0. The van der Waals surface area contributed by atoms with Gasteiger partial charge in [0.05, 0.1) is 6.61 Å². The molecule has 0 saturated carbocycles. The SMILES string of the molecule is C#CCCCOCOC. The Hall–Kier alpha value is -0.520. The smallest absolute Gasteiger partial charge is 0.146 e. The van der Waals surface area contributed by atoms with Gasteiger partial charge in [-0.2, -0.15) is 0 Å². The van der Waals surface area contributed by atoms with Crippen LogP contribution in [0.2, 0.25) is 0 Å². The summed E-state index contributed by atoms with van der Waals surface area (Å²) in [6.45, 7) is 1.06. The van der Waals surface area contributed by atoms with Gasteiger partial charge in [-0.1, -0.05) is 0 Å². The molecule has 0 rings (SSSR count). The third kappa shape index (κ3) is 7.48. The van der Waals surface area contributed by atoms with Crippen molar-refractivity contribution in [1.82, 2.24) is 0 Å². The molecule has 0 aromatic rings. The van der Waals surface area contributed by atoms with Gasteiger partial charge in [0.25, 0.3) is 0 Å². The Morgan fingerprint density at radius 2 is 2.33 bits per heavy atom. The fraction of sp³-hybridized carbons (Fsp3) is 0.714. The van der Waals surface area contributed by atoms with E-state index in [9.17, 15) is 0 Å². The third-order valence-electron chi connectivity index (χ3n) is 0.811. The molecule has 0 aliphatic carbocycles. The molecule has 0 spiro atoms. The second kappa shape index (κ2) is 7.48. The Morgan fingerprint density at radius 3 is 2.89 bits per heavy atom. The Morgan fingerprint density at radius 1 is 1.56 bits per heavy atom. The van der Waals surface area contributed by atoms with E-state index < -0.39 is 0 Å². The van der Waals surface area contributed by atoms with Crippen LogP contribution in [-0.2, 0) is 9.47 Å². The fourth-order valence-electron chi connectivity index (χ4n) is 0.419. The minimum Gasteiger partial charge on any atom is -0.359 e. The van der Waals surface area contributed by atoms with Crippen LogP contribution in [0.3, 0.4) is 0 Å². The van der Waals surface area contributed by atoms with E-state index >= 15 is 0 Å². The van der Waals surface area contributed by atoms with Crippen LogP contribution < -0.4 is 0 Å². The van der Waals surface area contributed by atoms with Crippen molar-refractivity contribution >= 4 is 0 Å². The lowest BCUT2D eigenvalue weighted by Gasteiger charge is -1.98. The molecule has 2 heteroatoms. The topological polar surface area (TPSA) is 18.5 Å². The van der Waals surface area contributed by atoms with Crippen LogP contribution in [0.1, 0.15) is 12.8 Å². The zero-order chi connectivity index (χ0) is 6.95. The van der Waals surface area contributed by atoms with Crippen LogP contribution in [0, 0.1) is 12.3 Å². The molecule has 0 N–H and O–H groups in total. The van der Waals surface area contributed by atoms with Crippen molar-refractivity contribution in [3.05, 3.63) is 0 Å². The van der Waals surface area contributed by atoms with Crippen molar-refractivity contribution in [2.75, 3.05) is 20.5 Å². The van der Waals surface area contributed by atoms with Gasteiger partial charge in [0.15, 0.2) is 0 Å². The van der Waals surface area contributed by atoms with E-state index in [4.69, 9.17) is 11.2 Å². The number of hydrogen-bond acceptors (Lipinski definition) is 2. The Kier molecular flexibility index (Phi) is 7.05. The highest BCUT2D eigenvalue weighted by molar-refractivity contribution is 4.82. The molecule has 0 aromatic heterocycles. The van der Waals surface area contributed by atoms with Crippen LogP contribution in [0.5, 0.6) is 0 Å². The van der Waals surface area contributed by atoms with Crippen LogP contribution in [0.15, 0.2) is 0 Å². The Bertz CT molecular complexity index is 83.4. The largest absolute Gasteiger partial charge is 0.359 e. The molecule has 0 atom stereocenters. The van der Waals surface area contributed by atoms with Gasteiger partial charge in [0.2, 0.25) is 0 Å². The minimum absolute atomic E-state index is 0.366. The maximum atomic E-state index is 5.01. The van der Waals surface area contributed by atoms with Crippen molar-refractivity contribution in [3.8, 4) is 12.3 Å². The molecule has 52 valence electrons. The molecular weight excluding hydrogens is 116 g/mol. The molecule has 0 bridgehead atoms. The zero-order valence-corrected chi connectivity index (χ0v) is 5.72. The monoisotopic (exact) mass is 128 g/mol. The molecule has 0 fully saturated rings. The molecule has 0 radical (unpaired) electrons. The number of rotatable bonds is 5. The van der Waals surface area contributed by atoms with Gasteiger partial charge in [0.1, 0.15) is 6.79 Å². The molecule has 0 aliphatic rings. The van der Waals surface area contributed by atoms with Crippen molar-refractivity contribution in [2.45, 2.75) is 12.8 Å². The van der Waals surface area contributed by atoms with Crippen LogP contribution in [0.25, 0.3) is 0 Å². The maximum absolute atomic E-state index is 5.01. The summed E-state index contributed by atoms with van der Waals surface area (Å²) in [6, 6.07) is 0. The van der Waals surface area contributed by atoms with E-state index in [2.05, 4.69) is 10.7 Å². The van der Waals surface area contributed by atoms with Gasteiger partial charge in [-0.15, -0.1) is 12.3 Å². The Balaban J connectivity index is 2.69. The van der Waals surface area contributed by atoms with Gasteiger partial charge in [-0.25, -0.2) is 0 Å². The molecule has 0 aromatic carbocycles. The van der Waals surface area contributed by atoms with E-state index in [-0.39, 0.29) is 0 Å². The Labute approximate surface area is 56.2 Å². The van der Waals surface area contributed by atoms with Crippen molar-refractivity contribution < 1.29 is 9.47 Å². The quantitative estimate of drug-likeness (QED) is 0.312. The summed E-state index contributed by atoms with van der Waals surface area (Å²) in [5, 5.41) is 0. The minimum atomic E-state index is 0.366. The maximum Gasteiger partial charge on any atom is 0.146 e. The average Bonchev–Trinajstić information content (AvgIpc) is 1.89. The van der Waals surface area contributed by atoms with E-state index in [0.717, 1.165) is 12.8 Å². The first-order valence-corrected chi connectivity index (χ1v) is 2.92. The van der Waals surface area contributed by atoms with E-state index in [1.807, 2.05) is 0 Å². The second-order valence-corrected chi connectivity index (χ2v) is 1.62. The molecule has 9 heavy (non-hydrogen) atoms. The summed E-state index contributed by atoms with van der Waals surface area (Å²) in [5.74, 6) is 2.52. The van der Waals surface area contributed by atoms with Crippen molar-refractivity contribution in [2.24, 2.45) is 0 Å². The normalized spacial score (nSPS) is 8.89. The number of unbranched alkanes of at least 4 members (excludes halogenated alkanes) is 1. The van der Waals surface area contributed by atoms with Gasteiger partial charge in [-0.05, 0) is 6.42 Å². The van der Waals surface area contributed by atoms with Gasteiger partial charge < -0.3 is 9.47 Å². The lowest BCUT2D eigenvalue weighted by molar-refractivity contribution is -0.0307. The average molecular weight is 128 g/mol. The number of ether oxygens (including phenoxy) is 2. The predicted octanol–water partition coefficient (Wildman–Crippen LogP) is 1.02. The summed E-state index contributed by atoms with van der Waals surface area (Å²) in [4.78, 5) is 0. The van der Waals surface area contributed by atoms with Crippen LogP contribution >= 0.6 is 0 Å². The first kappa shape index (κ1) is 8.48. The number of terminal acetylenes is 1. The first-order chi connectivity index (χ1) is 4.41. The van der Waals surface area contributed by atoms with Gasteiger partial charge in [0, 0.05) is 13.5 Å². The van der Waals surface area contributed by atoms with Crippen molar-refractivity contribution in [1.29, 1.82) is 0 Å². The molecule has 2 nitrogen and oxygen atoms in total.